The maximum absolute atomic E-state index is 12.8. The second-order valence-electron chi connectivity index (χ2n) is 9.22. The number of hydrogen-bond acceptors (Lipinski definition) is 1. The molecule has 1 aliphatic rings. The number of ketones is 1. The molecule has 1 nitrogen and oxygen atoms in total. The van der Waals surface area contributed by atoms with E-state index in [-0.39, 0.29) is 16.2 Å². The fraction of sp³-hybridized carbons (Fsp3) is 0.737. The van der Waals surface area contributed by atoms with E-state index in [1.165, 1.54) is 5.57 Å². The van der Waals surface area contributed by atoms with Crippen molar-refractivity contribution in [1.29, 1.82) is 0 Å². The monoisotopic (exact) mass is 276 g/mol. The zero-order chi connectivity index (χ0) is 15.9. The van der Waals surface area contributed by atoms with Crippen LogP contribution in [0.15, 0.2) is 22.8 Å². The van der Waals surface area contributed by atoms with Crippen molar-refractivity contribution < 1.29 is 4.79 Å². The van der Waals surface area contributed by atoms with E-state index in [9.17, 15) is 4.79 Å². The molecule has 0 bridgehead atoms. The molecule has 1 heteroatoms. The predicted octanol–water partition coefficient (Wildman–Crippen LogP) is 5.71. The lowest BCUT2D eigenvalue weighted by Gasteiger charge is -2.35. The molecule has 20 heavy (non-hydrogen) atoms. The molecule has 0 heterocycles. The second kappa shape index (κ2) is 5.16. The number of carbonyl (C=O) groups is 1. The van der Waals surface area contributed by atoms with Gasteiger partial charge in [-0.25, -0.2) is 0 Å². The molecule has 0 spiro atoms. The smallest absolute Gasteiger partial charge is 0.184 e. The predicted molar refractivity (Wildman–Crippen MR) is 87.7 cm³/mol. The highest BCUT2D eigenvalue weighted by Gasteiger charge is 2.36. The Morgan fingerprint density at radius 1 is 0.850 bits per heavy atom. The summed E-state index contributed by atoms with van der Waals surface area (Å²) in [6.07, 6.45) is 3.97. The van der Waals surface area contributed by atoms with Crippen LogP contribution in [0.3, 0.4) is 0 Å². The third-order valence-corrected chi connectivity index (χ3v) is 3.62. The first-order valence-electron chi connectivity index (χ1n) is 7.74. The topological polar surface area (TPSA) is 17.1 Å². The number of carbonyl (C=O) groups excluding carboxylic acids is 1. The molecule has 0 amide bonds. The van der Waals surface area contributed by atoms with E-state index >= 15 is 0 Å². The van der Waals surface area contributed by atoms with Crippen molar-refractivity contribution >= 4 is 5.78 Å². The quantitative estimate of drug-likeness (QED) is 0.518. The molecule has 0 unspecified atom stereocenters. The van der Waals surface area contributed by atoms with Crippen LogP contribution in [0.5, 0.6) is 0 Å². The summed E-state index contributed by atoms with van der Waals surface area (Å²) in [5.74, 6) is 0.291. The molecule has 0 aliphatic heterocycles. The van der Waals surface area contributed by atoms with E-state index in [1.807, 2.05) is 0 Å². The SMILES string of the molecule is CC(C)(C)C=C1CCC(=C(C(C)(C)C)C(C)(C)C)C1=O. The highest BCUT2D eigenvalue weighted by molar-refractivity contribution is 6.11. The van der Waals surface area contributed by atoms with Crippen LogP contribution in [0.2, 0.25) is 0 Å². The summed E-state index contributed by atoms with van der Waals surface area (Å²) in [4.78, 5) is 12.8. The first kappa shape index (κ1) is 17.2. The normalized spacial score (nSPS) is 19.9. The molecule has 0 N–H and O–H groups in total. The van der Waals surface area contributed by atoms with Crippen molar-refractivity contribution in [2.45, 2.75) is 75.2 Å². The van der Waals surface area contributed by atoms with Crippen LogP contribution in [-0.2, 0) is 4.79 Å². The van der Waals surface area contributed by atoms with Gasteiger partial charge in [0.05, 0.1) is 0 Å². The molecular weight excluding hydrogens is 244 g/mol. The lowest BCUT2D eigenvalue weighted by atomic mass is 9.69. The number of allylic oxidation sites excluding steroid dienone is 4. The standard InChI is InChI=1S/C19H32O/c1-17(2,3)12-13-10-11-14(15(13)20)16(18(4,5)6)19(7,8)9/h12H,10-11H2,1-9H3. The van der Waals surface area contributed by atoms with Crippen LogP contribution in [0.1, 0.15) is 75.2 Å². The van der Waals surface area contributed by atoms with E-state index in [0.29, 0.717) is 5.78 Å². The Morgan fingerprint density at radius 3 is 1.65 bits per heavy atom. The van der Waals surface area contributed by atoms with Gasteiger partial charge in [0, 0.05) is 5.57 Å². The van der Waals surface area contributed by atoms with Gasteiger partial charge in [0.2, 0.25) is 0 Å². The highest BCUT2D eigenvalue weighted by atomic mass is 16.1. The van der Waals surface area contributed by atoms with Gasteiger partial charge in [0.1, 0.15) is 0 Å². The van der Waals surface area contributed by atoms with Gasteiger partial charge >= 0.3 is 0 Å². The molecule has 0 radical (unpaired) electrons. The number of rotatable bonds is 0. The largest absolute Gasteiger partial charge is 0.289 e. The molecule has 1 rings (SSSR count). The van der Waals surface area contributed by atoms with Crippen molar-refractivity contribution in [2.24, 2.45) is 16.2 Å². The van der Waals surface area contributed by atoms with Gasteiger partial charge in [0.25, 0.3) is 0 Å². The van der Waals surface area contributed by atoms with Crippen molar-refractivity contribution in [3.8, 4) is 0 Å². The summed E-state index contributed by atoms with van der Waals surface area (Å²) in [5.41, 5.74) is 3.57. The van der Waals surface area contributed by atoms with Gasteiger partial charge in [-0.3, -0.25) is 4.79 Å². The fourth-order valence-corrected chi connectivity index (χ4v) is 3.61. The molecule has 114 valence electrons. The van der Waals surface area contributed by atoms with Crippen LogP contribution in [0, 0.1) is 16.2 Å². The molecule has 0 aromatic heterocycles. The van der Waals surface area contributed by atoms with E-state index in [2.05, 4.69) is 68.4 Å². The minimum atomic E-state index is 0.0421. The van der Waals surface area contributed by atoms with E-state index < -0.39 is 0 Å². The first-order valence-corrected chi connectivity index (χ1v) is 7.74. The molecule has 1 fully saturated rings. The van der Waals surface area contributed by atoms with Crippen LogP contribution in [0.4, 0.5) is 0 Å². The average molecular weight is 276 g/mol. The minimum absolute atomic E-state index is 0.0421. The Hall–Kier alpha value is -0.850. The average Bonchev–Trinajstić information content (AvgIpc) is 2.43. The van der Waals surface area contributed by atoms with Crippen LogP contribution >= 0.6 is 0 Å². The zero-order valence-corrected chi connectivity index (χ0v) is 14.9. The van der Waals surface area contributed by atoms with Crippen molar-refractivity contribution in [1.82, 2.24) is 0 Å². The molecule has 0 saturated heterocycles. The molecule has 0 aromatic rings. The Morgan fingerprint density at radius 2 is 1.30 bits per heavy atom. The highest BCUT2D eigenvalue weighted by Crippen LogP contribution is 2.45. The van der Waals surface area contributed by atoms with Gasteiger partial charge in [-0.2, -0.15) is 0 Å². The maximum atomic E-state index is 12.8. The Labute approximate surface area is 125 Å². The van der Waals surface area contributed by atoms with Crippen molar-refractivity contribution in [2.75, 3.05) is 0 Å². The zero-order valence-electron chi connectivity index (χ0n) is 14.9. The van der Waals surface area contributed by atoms with E-state index in [0.717, 1.165) is 24.0 Å². The van der Waals surface area contributed by atoms with E-state index in [4.69, 9.17) is 0 Å². The number of Topliss-reactive ketones (excluding diaryl/α,β-unsaturated/α-hetero) is 1. The van der Waals surface area contributed by atoms with Crippen LogP contribution in [0.25, 0.3) is 0 Å². The third-order valence-electron chi connectivity index (χ3n) is 3.62. The second-order valence-corrected chi connectivity index (χ2v) is 9.22. The molecule has 0 aromatic carbocycles. The van der Waals surface area contributed by atoms with Crippen molar-refractivity contribution in [3.63, 3.8) is 0 Å². The lowest BCUT2D eigenvalue weighted by molar-refractivity contribution is -0.111. The Bertz CT molecular complexity index is 437. The van der Waals surface area contributed by atoms with Gasteiger partial charge < -0.3 is 0 Å². The van der Waals surface area contributed by atoms with Crippen LogP contribution in [-0.4, -0.2) is 5.78 Å². The van der Waals surface area contributed by atoms with Gasteiger partial charge in [-0.15, -0.1) is 0 Å². The summed E-state index contributed by atoms with van der Waals surface area (Å²) in [6, 6.07) is 0. The third kappa shape index (κ3) is 4.07. The Balaban J connectivity index is 3.36. The summed E-state index contributed by atoms with van der Waals surface area (Å²) in [5, 5.41) is 0. The molecular formula is C19H32O. The van der Waals surface area contributed by atoms with Gasteiger partial charge in [-0.05, 0) is 34.7 Å². The van der Waals surface area contributed by atoms with Gasteiger partial charge in [0.15, 0.2) is 5.78 Å². The first-order chi connectivity index (χ1) is 8.73. The summed E-state index contributed by atoms with van der Waals surface area (Å²) >= 11 is 0. The number of hydrogen-bond donors (Lipinski definition) is 0. The summed E-state index contributed by atoms with van der Waals surface area (Å²) < 4.78 is 0. The summed E-state index contributed by atoms with van der Waals surface area (Å²) in [6.45, 7) is 19.8. The minimum Gasteiger partial charge on any atom is -0.289 e. The Kier molecular flexibility index (Phi) is 4.44. The van der Waals surface area contributed by atoms with Crippen molar-refractivity contribution in [3.05, 3.63) is 22.8 Å². The molecule has 1 aliphatic carbocycles. The summed E-state index contributed by atoms with van der Waals surface area (Å²) in [7, 11) is 0. The van der Waals surface area contributed by atoms with Gasteiger partial charge in [-0.1, -0.05) is 74.0 Å². The molecule has 0 atom stereocenters. The maximum Gasteiger partial charge on any atom is 0.184 e. The van der Waals surface area contributed by atoms with E-state index in [1.54, 1.807) is 0 Å². The molecule has 1 saturated carbocycles. The lowest BCUT2D eigenvalue weighted by Crippen LogP contribution is -2.25. The fourth-order valence-electron chi connectivity index (χ4n) is 3.61. The van der Waals surface area contributed by atoms with Crippen LogP contribution < -0.4 is 0 Å².